The van der Waals surface area contributed by atoms with Crippen molar-refractivity contribution in [3.8, 4) is 5.75 Å². The van der Waals surface area contributed by atoms with E-state index in [-0.39, 0.29) is 18.4 Å². The Labute approximate surface area is 221 Å². The number of hydrogen-bond acceptors (Lipinski definition) is 8. The van der Waals surface area contributed by atoms with Crippen molar-refractivity contribution in [2.45, 2.75) is 82.5 Å². The first kappa shape index (κ1) is 26.5. The monoisotopic (exact) mass is 525 g/mol. The summed E-state index contributed by atoms with van der Waals surface area (Å²) in [4.78, 5) is 26.0. The van der Waals surface area contributed by atoms with Crippen LogP contribution in [0.25, 0.3) is 11.0 Å². The second kappa shape index (κ2) is 10.6. The molecule has 4 N–H and O–H groups in total. The molecule has 1 unspecified atom stereocenters. The Morgan fingerprint density at radius 3 is 2.66 bits per heavy atom. The topological polar surface area (TPSA) is 138 Å². The van der Waals surface area contributed by atoms with Gasteiger partial charge >= 0.3 is 6.09 Å². The van der Waals surface area contributed by atoms with Gasteiger partial charge in [0.1, 0.15) is 35.9 Å². The molecule has 5 rings (SSSR count). The van der Waals surface area contributed by atoms with Crippen molar-refractivity contribution in [1.29, 1.82) is 0 Å². The second-order valence-corrected chi connectivity index (χ2v) is 10.9. The maximum atomic E-state index is 13.6. The maximum Gasteiger partial charge on any atom is 0.412 e. The summed E-state index contributed by atoms with van der Waals surface area (Å²) in [5.41, 5.74) is 1.84. The molecule has 0 aliphatic heterocycles. The molecule has 3 aliphatic carbocycles. The van der Waals surface area contributed by atoms with Crippen molar-refractivity contribution >= 4 is 22.8 Å². The van der Waals surface area contributed by atoms with Crippen LogP contribution in [0.2, 0.25) is 0 Å². The molecule has 0 saturated heterocycles. The van der Waals surface area contributed by atoms with Gasteiger partial charge in [-0.25, -0.2) is 4.79 Å². The SMILES string of the molecule is CC1(C)C2=C(CCC(OC[C@@H](O)C(O)CO)=C2)C(=O)c2c1oc1cc(OC(=O)NC3CCCCC3)ccc21. The van der Waals surface area contributed by atoms with E-state index in [0.29, 0.717) is 52.2 Å². The number of Topliss-reactive ketones (excluding diaryl/α,β-unsaturated/α-hetero) is 1. The molecule has 1 aromatic heterocycles. The third kappa shape index (κ3) is 4.98. The van der Waals surface area contributed by atoms with Crippen LogP contribution in [0.15, 0.2) is 45.6 Å². The first-order chi connectivity index (χ1) is 18.2. The van der Waals surface area contributed by atoms with Gasteiger partial charge in [0.05, 0.1) is 17.9 Å². The van der Waals surface area contributed by atoms with Gasteiger partial charge in [-0.3, -0.25) is 4.79 Å². The van der Waals surface area contributed by atoms with Crippen LogP contribution < -0.4 is 10.1 Å². The molecular formula is C29H35NO8. The average molecular weight is 526 g/mol. The molecule has 2 aromatic rings. The fourth-order valence-corrected chi connectivity index (χ4v) is 5.66. The lowest BCUT2D eigenvalue weighted by Gasteiger charge is -2.34. The van der Waals surface area contributed by atoms with Crippen molar-refractivity contribution in [3.63, 3.8) is 0 Å². The number of ether oxygens (including phenoxy) is 2. The maximum absolute atomic E-state index is 13.6. The zero-order valence-corrected chi connectivity index (χ0v) is 21.8. The van der Waals surface area contributed by atoms with Crippen LogP contribution in [-0.4, -0.2) is 58.7 Å². The summed E-state index contributed by atoms with van der Waals surface area (Å²) in [5, 5.41) is 32.1. The Morgan fingerprint density at radius 2 is 1.92 bits per heavy atom. The number of hydrogen-bond donors (Lipinski definition) is 4. The van der Waals surface area contributed by atoms with Crippen LogP contribution in [0.3, 0.4) is 0 Å². The fourth-order valence-electron chi connectivity index (χ4n) is 5.66. The van der Waals surface area contributed by atoms with Crippen molar-refractivity contribution in [3.05, 3.63) is 52.5 Å². The molecular weight excluding hydrogens is 490 g/mol. The highest BCUT2D eigenvalue weighted by molar-refractivity contribution is 6.19. The number of carbonyl (C=O) groups is 2. The van der Waals surface area contributed by atoms with E-state index in [1.807, 2.05) is 19.9 Å². The number of carbonyl (C=O) groups excluding carboxylic acids is 2. The number of aliphatic hydroxyl groups excluding tert-OH is 3. The Bertz CT molecular complexity index is 1300. The highest BCUT2D eigenvalue weighted by Crippen LogP contribution is 2.49. The number of amides is 1. The number of aliphatic hydroxyl groups is 3. The van der Waals surface area contributed by atoms with Gasteiger partial charge in [-0.05, 0) is 56.9 Å². The summed E-state index contributed by atoms with van der Waals surface area (Å²) in [6.45, 7) is 3.23. The van der Waals surface area contributed by atoms with Gasteiger partial charge < -0.3 is 34.5 Å². The highest BCUT2D eigenvalue weighted by atomic mass is 16.6. The van der Waals surface area contributed by atoms with Crippen molar-refractivity contribution in [2.24, 2.45) is 0 Å². The van der Waals surface area contributed by atoms with E-state index < -0.39 is 30.3 Å². The molecule has 1 saturated carbocycles. The summed E-state index contributed by atoms with van der Waals surface area (Å²) in [5.74, 6) is 1.38. The average Bonchev–Trinajstić information content (AvgIpc) is 3.30. The summed E-state index contributed by atoms with van der Waals surface area (Å²) in [6.07, 6.45) is 5.09. The van der Waals surface area contributed by atoms with Crippen LogP contribution in [0, 0.1) is 0 Å². The summed E-state index contributed by atoms with van der Waals surface area (Å²) in [7, 11) is 0. The van der Waals surface area contributed by atoms with Crippen LogP contribution in [0.1, 0.15) is 74.9 Å². The van der Waals surface area contributed by atoms with E-state index in [1.165, 1.54) is 6.42 Å². The molecule has 1 amide bonds. The first-order valence-corrected chi connectivity index (χ1v) is 13.3. The number of ketones is 1. The van der Waals surface area contributed by atoms with Crippen molar-refractivity contribution in [1.82, 2.24) is 5.32 Å². The number of fused-ring (bicyclic) bond motifs is 3. The zero-order chi connectivity index (χ0) is 27.0. The number of benzene rings is 1. The molecule has 38 heavy (non-hydrogen) atoms. The van der Waals surface area contributed by atoms with Gasteiger partial charge in [0.2, 0.25) is 0 Å². The Morgan fingerprint density at radius 1 is 1.16 bits per heavy atom. The number of nitrogens with one attached hydrogen (secondary N) is 1. The highest BCUT2D eigenvalue weighted by Gasteiger charge is 2.43. The minimum absolute atomic E-state index is 0.0946. The van der Waals surface area contributed by atoms with Crippen LogP contribution in [-0.2, 0) is 10.2 Å². The quantitative estimate of drug-likeness (QED) is 0.425. The minimum atomic E-state index is -1.29. The van der Waals surface area contributed by atoms with Crippen molar-refractivity contribution < 1.29 is 38.8 Å². The lowest BCUT2D eigenvalue weighted by Crippen LogP contribution is -2.37. The largest absolute Gasteiger partial charge is 0.495 e. The molecule has 0 bridgehead atoms. The molecule has 1 aromatic carbocycles. The molecule has 204 valence electrons. The molecule has 2 atom stereocenters. The molecule has 1 fully saturated rings. The molecule has 3 aliphatic rings. The number of furan rings is 1. The van der Waals surface area contributed by atoms with Gasteiger partial charge in [-0.2, -0.15) is 0 Å². The first-order valence-electron chi connectivity index (χ1n) is 13.3. The molecule has 1 heterocycles. The van der Waals surface area contributed by atoms with E-state index >= 15 is 0 Å². The van der Waals surface area contributed by atoms with Gasteiger partial charge in [-0.1, -0.05) is 19.3 Å². The third-order valence-electron chi connectivity index (χ3n) is 7.86. The Hall–Kier alpha value is -3.14. The normalized spacial score (nSPS) is 20.9. The Kier molecular flexibility index (Phi) is 7.35. The summed E-state index contributed by atoms with van der Waals surface area (Å²) >= 11 is 0. The van der Waals surface area contributed by atoms with E-state index in [1.54, 1.807) is 18.2 Å². The zero-order valence-electron chi connectivity index (χ0n) is 21.8. The van der Waals surface area contributed by atoms with Crippen LogP contribution in [0.4, 0.5) is 4.79 Å². The lowest BCUT2D eigenvalue weighted by atomic mass is 9.69. The minimum Gasteiger partial charge on any atom is -0.495 e. The lowest BCUT2D eigenvalue weighted by molar-refractivity contribution is -0.0461. The molecule has 0 radical (unpaired) electrons. The predicted octanol–water partition coefficient (Wildman–Crippen LogP) is 4.03. The van der Waals surface area contributed by atoms with E-state index in [2.05, 4.69) is 5.32 Å². The smallest absolute Gasteiger partial charge is 0.412 e. The molecule has 9 nitrogen and oxygen atoms in total. The van der Waals surface area contributed by atoms with Crippen LogP contribution >= 0.6 is 0 Å². The van der Waals surface area contributed by atoms with Gasteiger partial charge in [0.25, 0.3) is 0 Å². The van der Waals surface area contributed by atoms with Gasteiger partial charge in [-0.15, -0.1) is 0 Å². The molecule has 0 spiro atoms. The second-order valence-electron chi connectivity index (χ2n) is 10.9. The number of allylic oxidation sites excluding steroid dienone is 4. The summed E-state index contributed by atoms with van der Waals surface area (Å²) in [6, 6.07) is 5.23. The standard InChI is InChI=1S/C29H35NO8/c1-29(2)21-12-17(36-15-23(33)22(32)14-31)8-10-19(21)26(34)25-20-11-9-18(13-24(20)38-27(25)29)37-28(35)30-16-6-4-3-5-7-16/h9,11-13,16,22-23,31-33H,3-8,10,14-15H2,1-2H3,(H,30,35)/t22?,23-/m1/s1. The van der Waals surface area contributed by atoms with Crippen molar-refractivity contribution in [2.75, 3.05) is 13.2 Å². The van der Waals surface area contributed by atoms with Crippen LogP contribution in [0.5, 0.6) is 5.75 Å². The summed E-state index contributed by atoms with van der Waals surface area (Å²) < 4.78 is 17.5. The molecule has 9 heteroatoms. The van der Waals surface area contributed by atoms with E-state index in [9.17, 15) is 19.8 Å². The predicted molar refractivity (Wildman–Crippen MR) is 139 cm³/mol. The van der Waals surface area contributed by atoms with E-state index in [0.717, 1.165) is 31.3 Å². The number of rotatable bonds is 7. The Balaban J connectivity index is 1.37. The fraction of sp³-hybridized carbons (Fsp3) is 0.517. The van der Waals surface area contributed by atoms with Gasteiger partial charge in [0.15, 0.2) is 5.78 Å². The van der Waals surface area contributed by atoms with Gasteiger partial charge in [0, 0.05) is 34.9 Å². The third-order valence-corrected chi connectivity index (χ3v) is 7.86. The van der Waals surface area contributed by atoms with E-state index in [4.69, 9.17) is 19.0 Å².